The Morgan fingerprint density at radius 3 is 1.04 bits per heavy atom. The van der Waals surface area contributed by atoms with Crippen molar-refractivity contribution in [3.05, 3.63) is 218 Å². The standard InChI is InChI=1S/C54H36N2/c1-4-14-37(15-5-1)40-24-28-45(29-25-40)55-51-22-12-10-20-47(51)49-30-26-41(35-53(49)55)42-27-31-50-48-21-11-13-23-52(48)56(54(50)36-42)46-33-43(38-16-6-2-7-17-38)32-44(34-46)39-18-8-3-9-19-39/h1-36H. The largest absolute Gasteiger partial charge is 0.309 e. The van der Waals surface area contributed by atoms with E-state index >= 15 is 0 Å². The number of aromatic nitrogens is 2. The monoisotopic (exact) mass is 712 g/mol. The molecule has 0 bridgehead atoms. The molecule has 0 amide bonds. The topological polar surface area (TPSA) is 9.86 Å². The van der Waals surface area contributed by atoms with E-state index in [0.717, 1.165) is 11.4 Å². The van der Waals surface area contributed by atoms with Gasteiger partial charge in [-0.2, -0.15) is 0 Å². The first-order valence-electron chi connectivity index (χ1n) is 19.3. The highest BCUT2D eigenvalue weighted by Gasteiger charge is 2.17. The molecule has 2 heterocycles. The Kier molecular flexibility index (Phi) is 7.53. The number of para-hydroxylation sites is 2. The summed E-state index contributed by atoms with van der Waals surface area (Å²) in [7, 11) is 0. The van der Waals surface area contributed by atoms with Crippen LogP contribution < -0.4 is 0 Å². The fourth-order valence-electron chi connectivity index (χ4n) is 8.62. The summed E-state index contributed by atoms with van der Waals surface area (Å²) in [5.74, 6) is 0. The highest BCUT2D eigenvalue weighted by atomic mass is 15.0. The Balaban J connectivity index is 1.11. The number of hydrogen-bond acceptors (Lipinski definition) is 0. The lowest BCUT2D eigenvalue weighted by atomic mass is 9.98. The lowest BCUT2D eigenvalue weighted by Crippen LogP contribution is -1.96. The van der Waals surface area contributed by atoms with Crippen molar-refractivity contribution in [3.63, 3.8) is 0 Å². The second-order valence-electron chi connectivity index (χ2n) is 14.6. The Bertz CT molecular complexity index is 3150. The molecule has 0 saturated carbocycles. The van der Waals surface area contributed by atoms with Crippen LogP contribution in [-0.4, -0.2) is 9.13 Å². The van der Waals surface area contributed by atoms with Gasteiger partial charge in [0.15, 0.2) is 0 Å². The normalized spacial score (nSPS) is 11.6. The molecule has 0 aliphatic carbocycles. The van der Waals surface area contributed by atoms with Gasteiger partial charge < -0.3 is 9.13 Å². The second-order valence-corrected chi connectivity index (χ2v) is 14.6. The Morgan fingerprint density at radius 2 is 0.554 bits per heavy atom. The fourth-order valence-corrected chi connectivity index (χ4v) is 8.62. The van der Waals surface area contributed by atoms with Crippen molar-refractivity contribution in [2.45, 2.75) is 0 Å². The number of benzene rings is 9. The third-order valence-corrected chi connectivity index (χ3v) is 11.3. The predicted octanol–water partition coefficient (Wildman–Crippen LogP) is 14.5. The van der Waals surface area contributed by atoms with Gasteiger partial charge in [-0.3, -0.25) is 0 Å². The summed E-state index contributed by atoms with van der Waals surface area (Å²) in [6, 6.07) is 79.5. The van der Waals surface area contributed by atoms with Crippen LogP contribution in [0.4, 0.5) is 0 Å². The van der Waals surface area contributed by atoms with E-state index in [1.54, 1.807) is 0 Å². The molecule has 262 valence electrons. The quantitative estimate of drug-likeness (QED) is 0.162. The van der Waals surface area contributed by atoms with E-state index in [1.807, 2.05) is 0 Å². The van der Waals surface area contributed by atoms with E-state index in [-0.39, 0.29) is 0 Å². The van der Waals surface area contributed by atoms with E-state index in [0.29, 0.717) is 0 Å². The van der Waals surface area contributed by atoms with Crippen LogP contribution in [0.25, 0.3) is 99.5 Å². The molecule has 2 heteroatoms. The highest BCUT2D eigenvalue weighted by molar-refractivity contribution is 6.12. The Hall–Kier alpha value is -7.42. The molecule has 56 heavy (non-hydrogen) atoms. The van der Waals surface area contributed by atoms with E-state index in [9.17, 15) is 0 Å². The zero-order valence-electron chi connectivity index (χ0n) is 30.7. The summed E-state index contributed by atoms with van der Waals surface area (Å²) in [6.45, 7) is 0. The van der Waals surface area contributed by atoms with E-state index < -0.39 is 0 Å². The first-order valence-corrected chi connectivity index (χ1v) is 19.3. The molecule has 9 aromatic carbocycles. The van der Waals surface area contributed by atoms with Crippen molar-refractivity contribution < 1.29 is 0 Å². The van der Waals surface area contributed by atoms with Crippen molar-refractivity contribution in [1.82, 2.24) is 9.13 Å². The van der Waals surface area contributed by atoms with Gasteiger partial charge in [0.1, 0.15) is 0 Å². The van der Waals surface area contributed by atoms with Gasteiger partial charge in [-0.15, -0.1) is 0 Å². The third-order valence-electron chi connectivity index (χ3n) is 11.3. The molecule has 2 aromatic heterocycles. The molecule has 0 spiro atoms. The molecule has 0 saturated heterocycles. The maximum atomic E-state index is 2.46. The predicted molar refractivity (Wildman–Crippen MR) is 237 cm³/mol. The summed E-state index contributed by atoms with van der Waals surface area (Å²) in [5.41, 5.74) is 16.7. The SMILES string of the molecule is c1ccc(-c2ccc(-n3c4ccccc4c4ccc(-c5ccc6c7ccccc7n(-c7cc(-c8ccccc8)cc(-c8ccccc8)c7)c6c5)cc43)cc2)cc1. The summed E-state index contributed by atoms with van der Waals surface area (Å²) in [5, 5.41) is 4.99. The fraction of sp³-hybridized carbons (Fsp3) is 0. The molecule has 0 aliphatic rings. The van der Waals surface area contributed by atoms with Gasteiger partial charge in [0, 0.05) is 32.9 Å². The van der Waals surface area contributed by atoms with Gasteiger partial charge in [-0.05, 0) is 99.1 Å². The molecule has 11 aromatic rings. The van der Waals surface area contributed by atoms with Crippen LogP contribution in [0.3, 0.4) is 0 Å². The van der Waals surface area contributed by atoms with Crippen molar-refractivity contribution in [1.29, 1.82) is 0 Å². The molecular weight excluding hydrogens is 677 g/mol. The minimum atomic E-state index is 1.14. The van der Waals surface area contributed by atoms with Crippen LogP contribution in [0.15, 0.2) is 218 Å². The van der Waals surface area contributed by atoms with Gasteiger partial charge in [0.05, 0.1) is 22.1 Å². The van der Waals surface area contributed by atoms with Crippen molar-refractivity contribution in [3.8, 4) is 55.9 Å². The summed E-state index contributed by atoms with van der Waals surface area (Å²) < 4.78 is 4.87. The molecule has 0 aliphatic heterocycles. The van der Waals surface area contributed by atoms with Gasteiger partial charge >= 0.3 is 0 Å². The first-order chi connectivity index (χ1) is 27.8. The van der Waals surface area contributed by atoms with E-state index in [4.69, 9.17) is 0 Å². The van der Waals surface area contributed by atoms with Gasteiger partial charge in [0.25, 0.3) is 0 Å². The van der Waals surface area contributed by atoms with Crippen molar-refractivity contribution >= 4 is 43.6 Å². The van der Waals surface area contributed by atoms with Crippen LogP contribution in [0.5, 0.6) is 0 Å². The molecule has 11 rings (SSSR count). The molecule has 0 radical (unpaired) electrons. The highest BCUT2D eigenvalue weighted by Crippen LogP contribution is 2.40. The molecule has 0 unspecified atom stereocenters. The zero-order valence-corrected chi connectivity index (χ0v) is 30.7. The average Bonchev–Trinajstić information content (AvgIpc) is 3.79. The minimum Gasteiger partial charge on any atom is -0.309 e. The third kappa shape index (κ3) is 5.34. The number of rotatable bonds is 6. The number of nitrogens with zero attached hydrogens (tertiary/aromatic N) is 2. The Morgan fingerprint density at radius 1 is 0.196 bits per heavy atom. The molecule has 0 fully saturated rings. The lowest BCUT2D eigenvalue weighted by Gasteiger charge is -2.14. The van der Waals surface area contributed by atoms with Crippen LogP contribution in [0.1, 0.15) is 0 Å². The second kappa shape index (κ2) is 13.2. The molecule has 2 nitrogen and oxygen atoms in total. The van der Waals surface area contributed by atoms with Crippen LogP contribution >= 0.6 is 0 Å². The number of fused-ring (bicyclic) bond motifs is 6. The van der Waals surface area contributed by atoms with Crippen molar-refractivity contribution in [2.75, 3.05) is 0 Å². The maximum absolute atomic E-state index is 2.46. The van der Waals surface area contributed by atoms with Gasteiger partial charge in [0.2, 0.25) is 0 Å². The summed E-state index contributed by atoms with van der Waals surface area (Å²) >= 11 is 0. The van der Waals surface area contributed by atoms with Crippen LogP contribution in [-0.2, 0) is 0 Å². The zero-order chi connectivity index (χ0) is 37.0. The molecule has 0 N–H and O–H groups in total. The van der Waals surface area contributed by atoms with E-state index in [1.165, 1.54) is 88.1 Å². The number of hydrogen-bond donors (Lipinski definition) is 0. The summed E-state index contributed by atoms with van der Waals surface area (Å²) in [6.07, 6.45) is 0. The molecule has 0 atom stereocenters. The van der Waals surface area contributed by atoms with Gasteiger partial charge in [-0.25, -0.2) is 0 Å². The molecular formula is C54H36N2. The minimum absolute atomic E-state index is 1.14. The summed E-state index contributed by atoms with van der Waals surface area (Å²) in [4.78, 5) is 0. The average molecular weight is 713 g/mol. The van der Waals surface area contributed by atoms with Gasteiger partial charge in [-0.1, -0.05) is 164 Å². The lowest BCUT2D eigenvalue weighted by molar-refractivity contribution is 1.18. The Labute approximate surface area is 325 Å². The van der Waals surface area contributed by atoms with Crippen LogP contribution in [0, 0.1) is 0 Å². The maximum Gasteiger partial charge on any atom is 0.0547 e. The van der Waals surface area contributed by atoms with Crippen molar-refractivity contribution in [2.24, 2.45) is 0 Å². The first kappa shape index (κ1) is 32.0. The van der Waals surface area contributed by atoms with E-state index in [2.05, 4.69) is 228 Å². The smallest absolute Gasteiger partial charge is 0.0547 e. The van der Waals surface area contributed by atoms with Crippen LogP contribution in [0.2, 0.25) is 0 Å².